The van der Waals surface area contributed by atoms with Crippen molar-refractivity contribution >= 4 is 11.8 Å². The fraction of sp³-hybridized carbons (Fsp3) is 0.500. The van der Waals surface area contributed by atoms with Crippen molar-refractivity contribution in [3.8, 4) is 0 Å². The van der Waals surface area contributed by atoms with Crippen LogP contribution >= 0.6 is 0 Å². The molecule has 2 aromatic rings. The van der Waals surface area contributed by atoms with Gasteiger partial charge in [-0.05, 0) is 24.8 Å². The monoisotopic (exact) mass is 369 g/mol. The number of carbonyl (C=O) groups excluding carboxylic acids is 2. The minimum atomic E-state index is -0.0651. The fourth-order valence-corrected chi connectivity index (χ4v) is 3.27. The normalized spacial score (nSPS) is 14.8. The maximum absolute atomic E-state index is 12.2. The van der Waals surface area contributed by atoms with E-state index < -0.39 is 0 Å². The van der Waals surface area contributed by atoms with Crippen LogP contribution in [0.15, 0.2) is 36.7 Å². The summed E-state index contributed by atoms with van der Waals surface area (Å²) in [5, 5.41) is 11.0. The van der Waals surface area contributed by atoms with Crippen molar-refractivity contribution in [2.75, 3.05) is 13.1 Å². The van der Waals surface area contributed by atoms with Crippen molar-refractivity contribution in [3.63, 3.8) is 0 Å². The molecule has 3 rings (SSSR count). The van der Waals surface area contributed by atoms with Crippen molar-refractivity contribution in [1.29, 1.82) is 0 Å². The lowest BCUT2D eigenvalue weighted by molar-refractivity contribution is -0.131. The van der Waals surface area contributed by atoms with Gasteiger partial charge in [-0.2, -0.15) is 0 Å². The molecule has 27 heavy (non-hydrogen) atoms. The third kappa shape index (κ3) is 5.91. The SMILES string of the molecule is O=C(CCN1CCCCCC1=O)NCc1nncn1CCc1ccccc1. The molecule has 1 aliphatic rings. The Hall–Kier alpha value is -2.70. The summed E-state index contributed by atoms with van der Waals surface area (Å²) in [6.07, 6.45) is 6.58. The maximum Gasteiger partial charge on any atom is 0.222 e. The molecule has 1 aromatic heterocycles. The number of hydrogen-bond donors (Lipinski definition) is 1. The van der Waals surface area contributed by atoms with E-state index in [2.05, 4.69) is 27.6 Å². The number of rotatable bonds is 8. The van der Waals surface area contributed by atoms with Crippen molar-refractivity contribution in [2.45, 2.75) is 51.6 Å². The Morgan fingerprint density at radius 1 is 1.11 bits per heavy atom. The van der Waals surface area contributed by atoms with Crippen LogP contribution in [0.4, 0.5) is 0 Å². The summed E-state index contributed by atoms with van der Waals surface area (Å²) < 4.78 is 1.96. The molecule has 7 nitrogen and oxygen atoms in total. The van der Waals surface area contributed by atoms with Gasteiger partial charge in [-0.15, -0.1) is 10.2 Å². The lowest BCUT2D eigenvalue weighted by atomic mass is 10.1. The van der Waals surface area contributed by atoms with Crippen LogP contribution in [0.25, 0.3) is 0 Å². The molecular weight excluding hydrogens is 342 g/mol. The molecule has 0 atom stereocenters. The van der Waals surface area contributed by atoms with Gasteiger partial charge in [-0.25, -0.2) is 0 Å². The number of nitrogens with zero attached hydrogens (tertiary/aromatic N) is 4. The standard InChI is InChI=1S/C20H27N5O2/c26-19(11-14-24-12-6-2-5-9-20(24)27)21-15-18-23-22-16-25(18)13-10-17-7-3-1-4-8-17/h1,3-4,7-8,16H,2,5-6,9-15H2,(H,21,26). The first-order valence-corrected chi connectivity index (χ1v) is 9.67. The zero-order chi connectivity index (χ0) is 18.9. The highest BCUT2D eigenvalue weighted by atomic mass is 16.2. The molecule has 1 fully saturated rings. The van der Waals surface area contributed by atoms with Gasteiger partial charge in [0.15, 0.2) is 5.82 Å². The molecule has 0 unspecified atom stereocenters. The molecule has 1 aliphatic heterocycles. The largest absolute Gasteiger partial charge is 0.349 e. The summed E-state index contributed by atoms with van der Waals surface area (Å²) in [6, 6.07) is 10.2. The number of aryl methyl sites for hydroxylation is 2. The van der Waals surface area contributed by atoms with Crippen LogP contribution in [0.5, 0.6) is 0 Å². The molecule has 1 saturated heterocycles. The van der Waals surface area contributed by atoms with Gasteiger partial charge in [0, 0.05) is 32.5 Å². The number of nitrogens with one attached hydrogen (secondary N) is 1. The summed E-state index contributed by atoms with van der Waals surface area (Å²) in [5.41, 5.74) is 1.25. The molecule has 2 amide bonds. The highest BCUT2D eigenvalue weighted by Gasteiger charge is 2.17. The first kappa shape index (κ1) is 19.1. The first-order valence-electron chi connectivity index (χ1n) is 9.67. The Kier molecular flexibility index (Phi) is 6.96. The first-order chi connectivity index (χ1) is 13.2. The van der Waals surface area contributed by atoms with Crippen LogP contribution < -0.4 is 5.32 Å². The summed E-state index contributed by atoms with van der Waals surface area (Å²) in [6.45, 7) is 2.37. The van der Waals surface area contributed by atoms with Gasteiger partial charge in [0.25, 0.3) is 0 Å². The van der Waals surface area contributed by atoms with E-state index in [4.69, 9.17) is 0 Å². The quantitative estimate of drug-likeness (QED) is 0.771. The zero-order valence-corrected chi connectivity index (χ0v) is 15.6. The van der Waals surface area contributed by atoms with Gasteiger partial charge < -0.3 is 14.8 Å². The highest BCUT2D eigenvalue weighted by Crippen LogP contribution is 2.11. The lowest BCUT2D eigenvalue weighted by Crippen LogP contribution is -2.35. The Morgan fingerprint density at radius 2 is 1.96 bits per heavy atom. The second kappa shape index (κ2) is 9.85. The van der Waals surface area contributed by atoms with E-state index >= 15 is 0 Å². The van der Waals surface area contributed by atoms with Crippen LogP contribution in [-0.2, 0) is 29.1 Å². The zero-order valence-electron chi connectivity index (χ0n) is 15.6. The van der Waals surface area contributed by atoms with Crippen LogP contribution in [0.2, 0.25) is 0 Å². The smallest absolute Gasteiger partial charge is 0.222 e. The van der Waals surface area contributed by atoms with Crippen molar-refractivity contribution in [3.05, 3.63) is 48.0 Å². The predicted octanol–water partition coefficient (Wildman–Crippen LogP) is 1.93. The highest BCUT2D eigenvalue weighted by molar-refractivity contribution is 5.79. The van der Waals surface area contributed by atoms with Crippen LogP contribution in [-0.4, -0.2) is 44.6 Å². The van der Waals surface area contributed by atoms with Crippen LogP contribution in [0.3, 0.4) is 0 Å². The van der Waals surface area contributed by atoms with Gasteiger partial charge in [-0.3, -0.25) is 9.59 Å². The fourth-order valence-electron chi connectivity index (χ4n) is 3.27. The molecule has 0 radical (unpaired) electrons. The molecule has 7 heteroatoms. The Labute approximate surface area is 159 Å². The third-order valence-electron chi connectivity index (χ3n) is 4.90. The molecule has 0 spiro atoms. The number of benzene rings is 1. The minimum Gasteiger partial charge on any atom is -0.349 e. The summed E-state index contributed by atoms with van der Waals surface area (Å²) >= 11 is 0. The number of likely N-dealkylation sites (tertiary alicyclic amines) is 1. The van der Waals surface area contributed by atoms with Crippen molar-refractivity contribution < 1.29 is 9.59 Å². The summed E-state index contributed by atoms with van der Waals surface area (Å²) in [5.74, 6) is 0.843. The van der Waals surface area contributed by atoms with Crippen molar-refractivity contribution in [1.82, 2.24) is 25.0 Å². The predicted molar refractivity (Wildman–Crippen MR) is 102 cm³/mol. The van der Waals surface area contributed by atoms with Crippen LogP contribution in [0.1, 0.15) is 43.5 Å². The summed E-state index contributed by atoms with van der Waals surface area (Å²) in [4.78, 5) is 25.9. The molecular formula is C20H27N5O2. The topological polar surface area (TPSA) is 80.1 Å². The molecule has 1 N–H and O–H groups in total. The average molecular weight is 369 g/mol. The number of aromatic nitrogens is 3. The molecule has 0 aliphatic carbocycles. The molecule has 1 aromatic carbocycles. The Balaban J connectivity index is 1.42. The van der Waals surface area contributed by atoms with E-state index in [1.165, 1.54) is 5.56 Å². The van der Waals surface area contributed by atoms with E-state index in [0.717, 1.165) is 44.6 Å². The van der Waals surface area contributed by atoms with E-state index in [0.29, 0.717) is 25.9 Å². The average Bonchev–Trinajstić information content (AvgIpc) is 3.04. The molecule has 0 bridgehead atoms. The van der Waals surface area contributed by atoms with E-state index in [9.17, 15) is 9.59 Å². The van der Waals surface area contributed by atoms with Crippen molar-refractivity contribution in [2.24, 2.45) is 0 Å². The van der Waals surface area contributed by atoms with Crippen LogP contribution in [0, 0.1) is 0 Å². The van der Waals surface area contributed by atoms with E-state index in [1.54, 1.807) is 6.33 Å². The Morgan fingerprint density at radius 3 is 2.81 bits per heavy atom. The van der Waals surface area contributed by atoms with Gasteiger partial charge in [0.05, 0.1) is 6.54 Å². The second-order valence-electron chi connectivity index (χ2n) is 6.89. The van der Waals surface area contributed by atoms with Gasteiger partial charge in [0.2, 0.25) is 11.8 Å². The molecule has 0 saturated carbocycles. The number of hydrogen-bond acceptors (Lipinski definition) is 4. The molecule has 144 valence electrons. The lowest BCUT2D eigenvalue weighted by Gasteiger charge is -2.20. The summed E-state index contributed by atoms with van der Waals surface area (Å²) in [7, 11) is 0. The third-order valence-corrected chi connectivity index (χ3v) is 4.90. The second-order valence-corrected chi connectivity index (χ2v) is 6.89. The minimum absolute atomic E-state index is 0.0651. The maximum atomic E-state index is 12.2. The van der Waals surface area contributed by atoms with E-state index in [-0.39, 0.29) is 11.8 Å². The van der Waals surface area contributed by atoms with E-state index in [1.807, 2.05) is 27.7 Å². The van der Waals surface area contributed by atoms with Gasteiger partial charge in [-0.1, -0.05) is 36.8 Å². The molecule has 2 heterocycles. The number of carbonyl (C=O) groups is 2. The van der Waals surface area contributed by atoms with Gasteiger partial charge in [0.1, 0.15) is 6.33 Å². The van der Waals surface area contributed by atoms with Gasteiger partial charge >= 0.3 is 0 Å². The Bertz CT molecular complexity index is 744. The number of amides is 2.